The molecule has 118 valence electrons. The lowest BCUT2D eigenvalue weighted by atomic mass is 10.3. The van der Waals surface area contributed by atoms with E-state index in [2.05, 4.69) is 32.6 Å². The molecule has 0 aliphatic carbocycles. The van der Waals surface area contributed by atoms with Crippen molar-refractivity contribution >= 4 is 15.9 Å². The van der Waals surface area contributed by atoms with Crippen molar-refractivity contribution in [1.82, 2.24) is 5.32 Å². The first-order valence-corrected chi connectivity index (χ1v) is 7.05. The smallest absolute Gasteiger partial charge is 0.489 e. The van der Waals surface area contributed by atoms with Crippen LogP contribution in [0.3, 0.4) is 0 Å². The van der Waals surface area contributed by atoms with E-state index >= 15 is 0 Å². The highest BCUT2D eigenvalue weighted by atomic mass is 79.9. The molecule has 1 aromatic carbocycles. The van der Waals surface area contributed by atoms with Gasteiger partial charge in [-0.25, -0.2) is 0 Å². The topological polar surface area (TPSA) is 30.5 Å². The predicted molar refractivity (Wildman–Crippen MR) is 78.6 cm³/mol. The van der Waals surface area contributed by atoms with E-state index in [1.165, 1.54) is 18.2 Å². The Balaban J connectivity index is 2.54. The van der Waals surface area contributed by atoms with Gasteiger partial charge in [0.15, 0.2) is 0 Å². The maximum absolute atomic E-state index is 12.1. The van der Waals surface area contributed by atoms with Gasteiger partial charge < -0.3 is 14.8 Å². The molecule has 0 spiro atoms. The number of benzene rings is 1. The second-order valence-corrected chi connectivity index (χ2v) is 5.57. The summed E-state index contributed by atoms with van der Waals surface area (Å²) in [5.41, 5.74) is 0.843. The summed E-state index contributed by atoms with van der Waals surface area (Å²) in [6.45, 7) is 8.80. The number of halogens is 4. The summed E-state index contributed by atoms with van der Waals surface area (Å²) in [4.78, 5) is 0. The molecule has 0 radical (unpaired) electrons. The second-order valence-electron chi connectivity index (χ2n) is 4.71. The van der Waals surface area contributed by atoms with Crippen LogP contribution in [0.25, 0.3) is 0 Å². The molecule has 0 aliphatic heterocycles. The van der Waals surface area contributed by atoms with Gasteiger partial charge in [0.25, 0.3) is 0 Å². The quantitative estimate of drug-likeness (QED) is 0.729. The lowest BCUT2D eigenvalue weighted by Crippen LogP contribution is -2.26. The van der Waals surface area contributed by atoms with Crippen LogP contribution < -0.4 is 14.8 Å². The lowest BCUT2D eigenvalue weighted by molar-refractivity contribution is -0.274. The maximum atomic E-state index is 12.1. The molecule has 0 aliphatic rings. The van der Waals surface area contributed by atoms with Crippen LogP contribution in [0.4, 0.5) is 13.2 Å². The second kappa shape index (κ2) is 7.70. The fourth-order valence-corrected chi connectivity index (χ4v) is 1.80. The van der Waals surface area contributed by atoms with Gasteiger partial charge in [0.2, 0.25) is 0 Å². The summed E-state index contributed by atoms with van der Waals surface area (Å²) in [6.07, 6.45) is -4.72. The van der Waals surface area contributed by atoms with Gasteiger partial charge in [0, 0.05) is 12.6 Å². The number of nitrogens with one attached hydrogen (secondary N) is 1. The number of hydrogen-bond acceptors (Lipinski definition) is 3. The van der Waals surface area contributed by atoms with Gasteiger partial charge in [0.05, 0.1) is 4.47 Å². The predicted octanol–water partition coefficient (Wildman–Crippen LogP) is 4.28. The van der Waals surface area contributed by atoms with Crippen molar-refractivity contribution in [3.63, 3.8) is 0 Å². The van der Waals surface area contributed by atoms with Gasteiger partial charge in [-0.1, -0.05) is 20.4 Å². The Labute approximate surface area is 130 Å². The average molecular weight is 368 g/mol. The van der Waals surface area contributed by atoms with Crippen molar-refractivity contribution in [1.29, 1.82) is 0 Å². The zero-order valence-electron chi connectivity index (χ0n) is 11.8. The zero-order chi connectivity index (χ0) is 16.0. The van der Waals surface area contributed by atoms with Crippen molar-refractivity contribution in [2.75, 3.05) is 13.2 Å². The van der Waals surface area contributed by atoms with E-state index in [0.717, 1.165) is 5.57 Å². The van der Waals surface area contributed by atoms with E-state index in [1.807, 2.05) is 13.8 Å². The van der Waals surface area contributed by atoms with Crippen LogP contribution in [0.2, 0.25) is 0 Å². The molecule has 1 rings (SSSR count). The Kier molecular flexibility index (Phi) is 6.54. The van der Waals surface area contributed by atoms with E-state index in [1.54, 1.807) is 0 Å². The molecular formula is C14H17BrF3NO2. The fourth-order valence-electron chi connectivity index (χ4n) is 1.36. The first-order chi connectivity index (χ1) is 9.67. The number of ether oxygens (including phenoxy) is 2. The molecule has 1 N–H and O–H groups in total. The van der Waals surface area contributed by atoms with Crippen LogP contribution in [0.15, 0.2) is 34.8 Å². The first kappa shape index (κ1) is 17.8. The van der Waals surface area contributed by atoms with Crippen LogP contribution in [0.5, 0.6) is 11.5 Å². The molecule has 0 aromatic heterocycles. The normalized spacial score (nSPS) is 11.6. The zero-order valence-corrected chi connectivity index (χ0v) is 13.3. The van der Waals surface area contributed by atoms with Crippen molar-refractivity contribution < 1.29 is 22.6 Å². The highest BCUT2D eigenvalue weighted by Crippen LogP contribution is 2.33. The van der Waals surface area contributed by atoms with Gasteiger partial charge in [-0.3, -0.25) is 0 Å². The third-order valence-electron chi connectivity index (χ3n) is 2.33. The SMILES string of the molecule is C=C(CNC(C)C)COc1ccc(OC(F)(F)F)c(Br)c1. The van der Waals surface area contributed by atoms with Crippen molar-refractivity contribution in [3.8, 4) is 11.5 Å². The molecule has 0 saturated carbocycles. The molecule has 0 unspecified atom stereocenters. The maximum Gasteiger partial charge on any atom is 0.573 e. The first-order valence-electron chi connectivity index (χ1n) is 6.25. The van der Waals surface area contributed by atoms with Gasteiger partial charge in [-0.05, 0) is 39.7 Å². The Hall–Kier alpha value is -1.21. The highest BCUT2D eigenvalue weighted by molar-refractivity contribution is 9.10. The van der Waals surface area contributed by atoms with Crippen LogP contribution in [-0.4, -0.2) is 25.6 Å². The van der Waals surface area contributed by atoms with E-state index in [0.29, 0.717) is 18.3 Å². The summed E-state index contributed by atoms with van der Waals surface area (Å²) in [7, 11) is 0. The van der Waals surface area contributed by atoms with Crippen LogP contribution >= 0.6 is 15.9 Å². The summed E-state index contributed by atoms with van der Waals surface area (Å²) < 4.78 is 45.9. The van der Waals surface area contributed by atoms with Crippen molar-refractivity contribution in [2.24, 2.45) is 0 Å². The van der Waals surface area contributed by atoms with Crippen molar-refractivity contribution in [3.05, 3.63) is 34.8 Å². The van der Waals surface area contributed by atoms with Gasteiger partial charge in [-0.15, -0.1) is 13.2 Å². The summed E-state index contributed by atoms with van der Waals surface area (Å²) in [5, 5.41) is 3.19. The van der Waals surface area contributed by atoms with E-state index in [-0.39, 0.29) is 16.8 Å². The Morgan fingerprint density at radius 2 is 2.05 bits per heavy atom. The molecule has 7 heteroatoms. The van der Waals surface area contributed by atoms with Gasteiger partial charge >= 0.3 is 6.36 Å². The molecule has 0 bridgehead atoms. The Bertz CT molecular complexity index is 490. The fraction of sp³-hybridized carbons (Fsp3) is 0.429. The van der Waals surface area contributed by atoms with Crippen LogP contribution in [0, 0.1) is 0 Å². The van der Waals surface area contributed by atoms with Crippen LogP contribution in [-0.2, 0) is 0 Å². The standard InChI is InChI=1S/C14H17BrF3NO2/c1-9(2)19-7-10(3)8-20-11-4-5-13(12(15)6-11)21-14(16,17)18/h4-6,9,19H,3,7-8H2,1-2H3. The molecule has 0 fully saturated rings. The molecule has 21 heavy (non-hydrogen) atoms. The third-order valence-corrected chi connectivity index (χ3v) is 2.95. The molecule has 0 saturated heterocycles. The minimum absolute atomic E-state index is 0.170. The van der Waals surface area contributed by atoms with E-state index < -0.39 is 6.36 Å². The third kappa shape index (κ3) is 7.38. The average Bonchev–Trinajstić information content (AvgIpc) is 2.35. The van der Waals surface area contributed by atoms with Gasteiger partial charge in [-0.2, -0.15) is 0 Å². The summed E-state index contributed by atoms with van der Waals surface area (Å²) in [6, 6.07) is 4.37. The molecule has 1 aromatic rings. The largest absolute Gasteiger partial charge is 0.573 e. The molecule has 0 atom stereocenters. The monoisotopic (exact) mass is 367 g/mol. The lowest BCUT2D eigenvalue weighted by Gasteiger charge is -2.14. The van der Waals surface area contributed by atoms with Crippen LogP contribution in [0.1, 0.15) is 13.8 Å². The number of hydrogen-bond donors (Lipinski definition) is 1. The Morgan fingerprint density at radius 1 is 1.38 bits per heavy atom. The number of rotatable bonds is 7. The molecular weight excluding hydrogens is 351 g/mol. The summed E-state index contributed by atoms with van der Waals surface area (Å²) >= 11 is 3.02. The summed E-state index contributed by atoms with van der Waals surface area (Å²) in [5.74, 6) is 0.122. The molecule has 3 nitrogen and oxygen atoms in total. The molecule has 0 heterocycles. The minimum Gasteiger partial charge on any atom is -0.489 e. The highest BCUT2D eigenvalue weighted by Gasteiger charge is 2.31. The van der Waals surface area contributed by atoms with Gasteiger partial charge in [0.1, 0.15) is 18.1 Å². The molecule has 0 amide bonds. The van der Waals surface area contributed by atoms with Crippen molar-refractivity contribution in [2.45, 2.75) is 26.3 Å². The Morgan fingerprint density at radius 3 is 2.57 bits per heavy atom. The number of alkyl halides is 3. The van der Waals surface area contributed by atoms with E-state index in [9.17, 15) is 13.2 Å². The van der Waals surface area contributed by atoms with E-state index in [4.69, 9.17) is 4.74 Å². The minimum atomic E-state index is -4.72.